The van der Waals surface area contributed by atoms with Crippen LogP contribution >= 0.6 is 0 Å². The maximum absolute atomic E-state index is 5.47. The van der Waals surface area contributed by atoms with Gasteiger partial charge in [-0.05, 0) is 37.6 Å². The summed E-state index contributed by atoms with van der Waals surface area (Å²) in [4.78, 5) is 6.89. The van der Waals surface area contributed by atoms with Gasteiger partial charge in [0.1, 0.15) is 0 Å². The Hall–Kier alpha value is -3.19. The van der Waals surface area contributed by atoms with Crippen LogP contribution in [0.15, 0.2) is 48.7 Å². The second-order valence-corrected chi connectivity index (χ2v) is 6.85. The van der Waals surface area contributed by atoms with Gasteiger partial charge < -0.3 is 20.3 Å². The molecule has 4 rings (SSSR count). The molecule has 0 atom stereocenters. The molecule has 2 aromatic carbocycles. The first-order valence-electron chi connectivity index (χ1n) is 9.42. The van der Waals surface area contributed by atoms with Crippen LogP contribution in [-0.4, -0.2) is 41.5 Å². The van der Waals surface area contributed by atoms with E-state index in [9.17, 15) is 0 Å². The normalized spacial score (nSPS) is 14.0. The molecule has 1 fully saturated rings. The SMILES string of the molecule is Cc1ccc(Nc2nncc(Nc3ccccc3N3CCOCC3)n2)c(C)c1. The summed E-state index contributed by atoms with van der Waals surface area (Å²) >= 11 is 0. The van der Waals surface area contributed by atoms with Gasteiger partial charge in [0.05, 0.1) is 30.8 Å². The monoisotopic (exact) mass is 376 g/mol. The van der Waals surface area contributed by atoms with Gasteiger partial charge in [-0.3, -0.25) is 0 Å². The Labute approximate surface area is 164 Å². The number of aryl methyl sites for hydroxylation is 2. The third-order valence-corrected chi connectivity index (χ3v) is 4.71. The number of morpholine rings is 1. The quantitative estimate of drug-likeness (QED) is 0.701. The number of benzene rings is 2. The number of nitrogens with zero attached hydrogens (tertiary/aromatic N) is 4. The van der Waals surface area contributed by atoms with Gasteiger partial charge in [0.15, 0.2) is 5.82 Å². The zero-order valence-corrected chi connectivity index (χ0v) is 16.1. The summed E-state index contributed by atoms with van der Waals surface area (Å²) in [5.74, 6) is 1.10. The van der Waals surface area contributed by atoms with E-state index < -0.39 is 0 Å². The minimum atomic E-state index is 0.459. The largest absolute Gasteiger partial charge is 0.378 e. The third kappa shape index (κ3) is 4.20. The molecule has 0 aliphatic carbocycles. The van der Waals surface area contributed by atoms with Crippen molar-refractivity contribution in [2.45, 2.75) is 13.8 Å². The zero-order chi connectivity index (χ0) is 19.3. The van der Waals surface area contributed by atoms with Crippen molar-refractivity contribution in [3.05, 3.63) is 59.8 Å². The Morgan fingerprint density at radius 2 is 1.79 bits per heavy atom. The number of aromatic nitrogens is 3. The lowest BCUT2D eigenvalue weighted by molar-refractivity contribution is 0.123. The van der Waals surface area contributed by atoms with E-state index in [1.54, 1.807) is 6.20 Å². The molecule has 1 aliphatic heterocycles. The third-order valence-electron chi connectivity index (χ3n) is 4.71. The lowest BCUT2D eigenvalue weighted by Gasteiger charge is -2.30. The zero-order valence-electron chi connectivity index (χ0n) is 16.1. The van der Waals surface area contributed by atoms with Crippen LogP contribution in [0.2, 0.25) is 0 Å². The molecule has 0 amide bonds. The minimum absolute atomic E-state index is 0.459. The molecule has 2 N–H and O–H groups in total. The standard InChI is InChI=1S/C21H24N6O/c1-15-7-8-17(16(2)13-15)24-21-25-20(14-22-26-21)23-18-5-3-4-6-19(18)27-9-11-28-12-10-27/h3-8,13-14H,9-12H2,1-2H3,(H2,23,24,25,26). The van der Waals surface area contributed by atoms with Gasteiger partial charge in [-0.25, -0.2) is 0 Å². The van der Waals surface area contributed by atoms with Crippen molar-refractivity contribution in [1.82, 2.24) is 15.2 Å². The van der Waals surface area contributed by atoms with Gasteiger partial charge in [0.25, 0.3) is 0 Å². The van der Waals surface area contributed by atoms with E-state index in [1.807, 2.05) is 24.3 Å². The number of hydrogen-bond acceptors (Lipinski definition) is 7. The van der Waals surface area contributed by atoms with Crippen molar-refractivity contribution >= 4 is 28.8 Å². The molecular weight excluding hydrogens is 352 g/mol. The fourth-order valence-corrected chi connectivity index (χ4v) is 3.29. The molecule has 2 heterocycles. The Morgan fingerprint density at radius 1 is 0.964 bits per heavy atom. The number of nitrogens with one attached hydrogen (secondary N) is 2. The van der Waals surface area contributed by atoms with Crippen LogP contribution in [-0.2, 0) is 4.74 Å². The highest BCUT2D eigenvalue weighted by Gasteiger charge is 2.15. The average molecular weight is 376 g/mol. The summed E-state index contributed by atoms with van der Waals surface area (Å²) in [6, 6.07) is 14.4. The van der Waals surface area contributed by atoms with Crippen LogP contribution in [0.25, 0.3) is 0 Å². The summed E-state index contributed by atoms with van der Waals surface area (Å²) in [6.07, 6.45) is 1.63. The number of hydrogen-bond donors (Lipinski definition) is 2. The first-order valence-corrected chi connectivity index (χ1v) is 9.42. The predicted octanol–water partition coefficient (Wildman–Crippen LogP) is 3.81. The fourth-order valence-electron chi connectivity index (χ4n) is 3.29. The number of rotatable bonds is 5. The van der Waals surface area contributed by atoms with Gasteiger partial charge in [-0.1, -0.05) is 29.8 Å². The van der Waals surface area contributed by atoms with E-state index in [2.05, 4.69) is 62.8 Å². The van der Waals surface area contributed by atoms with Crippen LogP contribution in [0.4, 0.5) is 28.8 Å². The summed E-state index contributed by atoms with van der Waals surface area (Å²) in [7, 11) is 0. The Morgan fingerprint density at radius 3 is 2.61 bits per heavy atom. The van der Waals surface area contributed by atoms with E-state index in [4.69, 9.17) is 4.74 Å². The van der Waals surface area contributed by atoms with E-state index >= 15 is 0 Å². The molecular formula is C21H24N6O. The molecule has 7 heteroatoms. The van der Waals surface area contributed by atoms with Crippen LogP contribution in [0.1, 0.15) is 11.1 Å². The molecule has 28 heavy (non-hydrogen) atoms. The molecule has 0 unspecified atom stereocenters. The molecule has 0 spiro atoms. The predicted molar refractivity (Wildman–Crippen MR) is 112 cm³/mol. The van der Waals surface area contributed by atoms with E-state index in [1.165, 1.54) is 5.56 Å². The van der Waals surface area contributed by atoms with Crippen LogP contribution in [0.3, 0.4) is 0 Å². The molecule has 0 radical (unpaired) electrons. The highest BCUT2D eigenvalue weighted by atomic mass is 16.5. The lowest BCUT2D eigenvalue weighted by Crippen LogP contribution is -2.36. The fraction of sp³-hybridized carbons (Fsp3) is 0.286. The summed E-state index contributed by atoms with van der Waals surface area (Å²) in [6.45, 7) is 7.37. The second-order valence-electron chi connectivity index (χ2n) is 6.85. The maximum atomic E-state index is 5.47. The van der Waals surface area contributed by atoms with Gasteiger partial charge in [-0.2, -0.15) is 10.1 Å². The average Bonchev–Trinajstić information content (AvgIpc) is 2.72. The number of para-hydroxylation sites is 2. The smallest absolute Gasteiger partial charge is 0.249 e. The summed E-state index contributed by atoms with van der Waals surface area (Å²) in [5.41, 5.74) is 5.45. The van der Waals surface area contributed by atoms with E-state index in [0.717, 1.165) is 48.9 Å². The van der Waals surface area contributed by atoms with Crippen LogP contribution < -0.4 is 15.5 Å². The summed E-state index contributed by atoms with van der Waals surface area (Å²) in [5, 5.41) is 14.8. The van der Waals surface area contributed by atoms with Crippen molar-refractivity contribution in [2.24, 2.45) is 0 Å². The van der Waals surface area contributed by atoms with Gasteiger partial charge in [0, 0.05) is 18.8 Å². The molecule has 7 nitrogen and oxygen atoms in total. The Kier molecular flexibility index (Phi) is 5.34. The summed E-state index contributed by atoms with van der Waals surface area (Å²) < 4.78 is 5.47. The van der Waals surface area contributed by atoms with Gasteiger partial charge in [0.2, 0.25) is 5.95 Å². The van der Waals surface area contributed by atoms with Crippen molar-refractivity contribution in [3.63, 3.8) is 0 Å². The van der Waals surface area contributed by atoms with Crippen molar-refractivity contribution < 1.29 is 4.74 Å². The highest BCUT2D eigenvalue weighted by Crippen LogP contribution is 2.29. The lowest BCUT2D eigenvalue weighted by atomic mass is 10.1. The first-order chi connectivity index (χ1) is 13.7. The molecule has 0 saturated carbocycles. The van der Waals surface area contributed by atoms with Gasteiger partial charge in [-0.15, -0.1) is 5.10 Å². The minimum Gasteiger partial charge on any atom is -0.378 e. The van der Waals surface area contributed by atoms with Crippen LogP contribution in [0, 0.1) is 13.8 Å². The molecule has 144 valence electrons. The topological polar surface area (TPSA) is 75.2 Å². The highest BCUT2D eigenvalue weighted by molar-refractivity contribution is 5.74. The molecule has 3 aromatic rings. The maximum Gasteiger partial charge on any atom is 0.249 e. The Balaban J connectivity index is 1.54. The molecule has 1 aromatic heterocycles. The Bertz CT molecular complexity index is 955. The van der Waals surface area contributed by atoms with Crippen LogP contribution in [0.5, 0.6) is 0 Å². The molecule has 0 bridgehead atoms. The van der Waals surface area contributed by atoms with Crippen molar-refractivity contribution in [1.29, 1.82) is 0 Å². The van der Waals surface area contributed by atoms with Crippen molar-refractivity contribution in [2.75, 3.05) is 41.8 Å². The second kappa shape index (κ2) is 8.22. The van der Waals surface area contributed by atoms with E-state index in [-0.39, 0.29) is 0 Å². The number of anilines is 5. The van der Waals surface area contributed by atoms with E-state index in [0.29, 0.717) is 11.8 Å². The first kappa shape index (κ1) is 18.2. The molecule has 1 aliphatic rings. The van der Waals surface area contributed by atoms with Crippen molar-refractivity contribution in [3.8, 4) is 0 Å². The molecule has 1 saturated heterocycles. The van der Waals surface area contributed by atoms with Gasteiger partial charge >= 0.3 is 0 Å². The number of ether oxygens (including phenoxy) is 1.